The van der Waals surface area contributed by atoms with Crippen molar-refractivity contribution in [2.45, 2.75) is 27.7 Å². The number of nitrogens with zero attached hydrogens (tertiary/aromatic N) is 7. The highest BCUT2D eigenvalue weighted by Crippen LogP contribution is 2.41. The maximum absolute atomic E-state index is 15.6. The van der Waals surface area contributed by atoms with Crippen LogP contribution in [0.2, 0.25) is 5.02 Å². The summed E-state index contributed by atoms with van der Waals surface area (Å²) in [4.78, 5) is 29.6. The van der Waals surface area contributed by atoms with Crippen molar-refractivity contribution in [1.82, 2.24) is 29.9 Å². The molecular formula is C47H41ClF2N8O2. The highest BCUT2D eigenvalue weighted by Gasteiger charge is 2.22. The number of morpholine rings is 1. The van der Waals surface area contributed by atoms with E-state index >= 15 is 4.39 Å². The van der Waals surface area contributed by atoms with E-state index in [-0.39, 0.29) is 11.6 Å². The van der Waals surface area contributed by atoms with Gasteiger partial charge >= 0.3 is 0 Å². The minimum atomic E-state index is -0.349. The average Bonchev–Trinajstić information content (AvgIpc) is 3.29. The molecule has 302 valence electrons. The van der Waals surface area contributed by atoms with E-state index in [1.807, 2.05) is 82.4 Å². The fraction of sp³-hybridized carbons (Fsp3) is 0.191. The van der Waals surface area contributed by atoms with Gasteiger partial charge in [0, 0.05) is 60.6 Å². The minimum Gasteiger partial charge on any atom is -0.495 e. The second-order valence-electron chi connectivity index (χ2n) is 14.4. The molecule has 0 saturated carbocycles. The van der Waals surface area contributed by atoms with Crippen molar-refractivity contribution in [2.75, 3.05) is 43.6 Å². The molecule has 0 unspecified atom stereocenters. The molecule has 6 aromatic heterocycles. The van der Waals surface area contributed by atoms with Gasteiger partial charge < -0.3 is 19.7 Å². The number of methoxy groups -OCH3 is 1. The molecule has 0 atom stereocenters. The standard InChI is InChI=1S/C31H29FN6O2.C16H12ClFN2/c1-19-7-8-24(32)28-29(19)37-30(25-6-4-5-9-34-25)20(2)31(28)36-26-15-27(38-10-12-40-13-11-38)35-18-23(26)21-14-22(39-3)17-33-16-21;1-9-6-7-11(18)13-14(17)10(2)16(20-15(9)13)12-5-3-4-8-19-12/h4-9,14-18H,10-13H2,1-3H3,(H,35,36,37);3-8H,1-2H3. The lowest BCUT2D eigenvalue weighted by Crippen LogP contribution is -2.36. The summed E-state index contributed by atoms with van der Waals surface area (Å²) in [6.07, 6.45) is 8.68. The molecule has 8 aromatic rings. The van der Waals surface area contributed by atoms with Crippen molar-refractivity contribution in [3.05, 3.63) is 143 Å². The molecule has 0 bridgehead atoms. The minimum absolute atomic E-state index is 0.348. The molecule has 1 aliphatic heterocycles. The number of rotatable bonds is 7. The molecule has 60 heavy (non-hydrogen) atoms. The number of nitrogens with one attached hydrogen (secondary N) is 1. The molecule has 9 rings (SSSR count). The van der Waals surface area contributed by atoms with Crippen LogP contribution in [0.1, 0.15) is 22.3 Å². The van der Waals surface area contributed by atoms with Crippen LogP contribution in [0.25, 0.3) is 55.7 Å². The summed E-state index contributed by atoms with van der Waals surface area (Å²) >= 11 is 6.35. The third-order valence-corrected chi connectivity index (χ3v) is 11.0. The van der Waals surface area contributed by atoms with E-state index in [2.05, 4.69) is 30.2 Å². The van der Waals surface area contributed by atoms with Crippen LogP contribution >= 0.6 is 11.6 Å². The Morgan fingerprint density at radius 2 is 1.33 bits per heavy atom. The number of benzene rings is 2. The SMILES string of the molecule is COc1cncc(-c2cnc(N3CCOCC3)cc2Nc2c(C)c(-c3ccccn3)nc3c(C)ccc(F)c23)c1.Cc1c(-c2ccccn2)nc2c(C)ccc(F)c2c1Cl. The lowest BCUT2D eigenvalue weighted by molar-refractivity contribution is 0.122. The van der Waals surface area contributed by atoms with Crippen molar-refractivity contribution < 1.29 is 18.3 Å². The predicted molar refractivity (Wildman–Crippen MR) is 234 cm³/mol. The Bertz CT molecular complexity index is 2860. The van der Waals surface area contributed by atoms with Crippen LogP contribution in [-0.2, 0) is 4.74 Å². The van der Waals surface area contributed by atoms with Gasteiger partial charge in [-0.05, 0) is 86.8 Å². The molecule has 1 saturated heterocycles. The fourth-order valence-electron chi connectivity index (χ4n) is 7.28. The van der Waals surface area contributed by atoms with Crippen molar-refractivity contribution >= 4 is 50.6 Å². The van der Waals surface area contributed by atoms with Gasteiger partial charge in [0.1, 0.15) is 23.2 Å². The van der Waals surface area contributed by atoms with Gasteiger partial charge in [0.2, 0.25) is 0 Å². The average molecular weight is 823 g/mol. The van der Waals surface area contributed by atoms with Crippen molar-refractivity contribution in [2.24, 2.45) is 0 Å². The van der Waals surface area contributed by atoms with E-state index < -0.39 is 0 Å². The number of hydrogen-bond donors (Lipinski definition) is 1. The third-order valence-electron chi connectivity index (χ3n) is 10.5. The van der Waals surface area contributed by atoms with E-state index in [9.17, 15) is 4.39 Å². The summed E-state index contributed by atoms with van der Waals surface area (Å²) in [6, 6.07) is 21.6. The first-order chi connectivity index (χ1) is 29.1. The fourth-order valence-corrected chi connectivity index (χ4v) is 7.55. The number of hydrogen-bond acceptors (Lipinski definition) is 10. The van der Waals surface area contributed by atoms with E-state index in [1.165, 1.54) is 12.1 Å². The lowest BCUT2D eigenvalue weighted by Gasteiger charge is -2.28. The molecule has 0 amide bonds. The van der Waals surface area contributed by atoms with E-state index in [1.54, 1.807) is 44.0 Å². The molecule has 1 aliphatic rings. The zero-order valence-electron chi connectivity index (χ0n) is 33.7. The Labute approximate surface area is 351 Å². The van der Waals surface area contributed by atoms with Crippen LogP contribution in [-0.4, -0.2) is 63.3 Å². The molecule has 0 radical (unpaired) electrons. The van der Waals surface area contributed by atoms with Crippen molar-refractivity contribution in [3.63, 3.8) is 0 Å². The molecule has 10 nitrogen and oxygen atoms in total. The quantitative estimate of drug-likeness (QED) is 0.167. The number of aryl methyl sites for hydroxylation is 2. The first-order valence-electron chi connectivity index (χ1n) is 19.4. The summed E-state index contributed by atoms with van der Waals surface area (Å²) in [7, 11) is 1.61. The first-order valence-corrected chi connectivity index (χ1v) is 19.8. The van der Waals surface area contributed by atoms with Gasteiger partial charge in [-0.3, -0.25) is 15.0 Å². The van der Waals surface area contributed by atoms with E-state index in [0.29, 0.717) is 62.9 Å². The maximum atomic E-state index is 15.6. The summed E-state index contributed by atoms with van der Waals surface area (Å²) < 4.78 is 40.6. The lowest BCUT2D eigenvalue weighted by atomic mass is 10.0. The van der Waals surface area contributed by atoms with Crippen LogP contribution in [0.4, 0.5) is 26.0 Å². The number of ether oxygens (including phenoxy) is 2. The second-order valence-corrected chi connectivity index (χ2v) is 14.8. The normalized spacial score (nSPS) is 12.6. The molecular weight excluding hydrogens is 782 g/mol. The van der Waals surface area contributed by atoms with Crippen LogP contribution in [0.5, 0.6) is 5.75 Å². The Hall–Kier alpha value is -6.63. The Morgan fingerprint density at radius 1 is 0.717 bits per heavy atom. The third kappa shape index (κ3) is 7.91. The van der Waals surface area contributed by atoms with Crippen molar-refractivity contribution in [1.29, 1.82) is 0 Å². The highest BCUT2D eigenvalue weighted by molar-refractivity contribution is 6.36. The van der Waals surface area contributed by atoms with Crippen molar-refractivity contribution in [3.8, 4) is 39.7 Å². The second kappa shape index (κ2) is 17.3. The molecule has 7 heterocycles. The Morgan fingerprint density at radius 3 is 1.95 bits per heavy atom. The van der Waals surface area contributed by atoms with E-state index in [4.69, 9.17) is 31.0 Å². The number of pyridine rings is 6. The maximum Gasteiger partial charge on any atom is 0.137 e. The molecule has 0 spiro atoms. The van der Waals surface area contributed by atoms with Crippen LogP contribution in [0, 0.1) is 39.3 Å². The van der Waals surface area contributed by atoms with Gasteiger partial charge in [-0.25, -0.2) is 23.7 Å². The largest absolute Gasteiger partial charge is 0.495 e. The van der Waals surface area contributed by atoms with Crippen LogP contribution < -0.4 is 15.0 Å². The summed E-state index contributed by atoms with van der Waals surface area (Å²) in [5, 5.41) is 4.81. The number of aromatic nitrogens is 6. The zero-order chi connectivity index (χ0) is 41.9. The van der Waals surface area contributed by atoms with Gasteiger partial charge in [0.25, 0.3) is 0 Å². The van der Waals surface area contributed by atoms with Gasteiger partial charge in [0.15, 0.2) is 0 Å². The predicted octanol–water partition coefficient (Wildman–Crippen LogP) is 10.8. The first kappa shape index (κ1) is 40.2. The molecule has 13 heteroatoms. The van der Waals surface area contributed by atoms with Gasteiger partial charge in [-0.15, -0.1) is 0 Å². The summed E-state index contributed by atoms with van der Waals surface area (Å²) in [5.74, 6) is 0.741. The topological polar surface area (TPSA) is 111 Å². The Balaban J connectivity index is 0.000000208. The monoisotopic (exact) mass is 822 g/mol. The van der Waals surface area contributed by atoms with Gasteiger partial charge in [0.05, 0.1) is 87.5 Å². The van der Waals surface area contributed by atoms with Crippen LogP contribution in [0.15, 0.2) is 104 Å². The van der Waals surface area contributed by atoms with Crippen LogP contribution in [0.3, 0.4) is 0 Å². The Kier molecular flexibility index (Phi) is 11.6. The molecule has 2 aromatic carbocycles. The zero-order valence-corrected chi connectivity index (χ0v) is 34.5. The van der Waals surface area contributed by atoms with E-state index in [0.717, 1.165) is 69.4 Å². The highest BCUT2D eigenvalue weighted by atomic mass is 35.5. The molecule has 0 aliphatic carbocycles. The van der Waals surface area contributed by atoms with Gasteiger partial charge in [-0.2, -0.15) is 0 Å². The number of anilines is 3. The molecule has 1 fully saturated rings. The summed E-state index contributed by atoms with van der Waals surface area (Å²) in [6.45, 7) is 10.4. The molecule has 1 N–H and O–H groups in total. The summed E-state index contributed by atoms with van der Waals surface area (Å²) in [5.41, 5.74) is 10.3. The smallest absolute Gasteiger partial charge is 0.137 e. The van der Waals surface area contributed by atoms with Gasteiger partial charge in [-0.1, -0.05) is 35.9 Å². The number of halogens is 3. The number of fused-ring (bicyclic) bond motifs is 2.